The van der Waals surface area contributed by atoms with E-state index in [0.717, 1.165) is 28.2 Å². The Labute approximate surface area is 187 Å². The Bertz CT molecular complexity index is 1150. The van der Waals surface area contributed by atoms with Crippen LogP contribution in [0.1, 0.15) is 40.3 Å². The second kappa shape index (κ2) is 8.82. The molecule has 31 heavy (non-hydrogen) atoms. The topological polar surface area (TPSA) is 65.5 Å². The lowest BCUT2D eigenvalue weighted by atomic mass is 9.91. The third-order valence-corrected chi connectivity index (χ3v) is 5.79. The molecule has 0 radical (unpaired) electrons. The van der Waals surface area contributed by atoms with Crippen LogP contribution in [-0.2, 0) is 0 Å². The van der Waals surface area contributed by atoms with Crippen LogP contribution >= 0.6 is 11.6 Å². The summed E-state index contributed by atoms with van der Waals surface area (Å²) in [5, 5.41) is 11.5. The quantitative estimate of drug-likeness (QED) is 0.422. The minimum atomic E-state index is -0.384. The van der Waals surface area contributed by atoms with Crippen LogP contribution in [0.4, 0.5) is 16.2 Å². The van der Waals surface area contributed by atoms with E-state index in [9.17, 15) is 4.79 Å². The number of hydrogen-bond donors (Lipinski definition) is 3. The first-order chi connectivity index (χ1) is 14.9. The van der Waals surface area contributed by atoms with Crippen LogP contribution in [0.2, 0.25) is 5.02 Å². The Morgan fingerprint density at radius 3 is 2.52 bits per heavy atom. The fraction of sp³-hybridized carbons (Fsp3) is 0.200. The molecule has 1 aliphatic rings. The van der Waals surface area contributed by atoms with Gasteiger partial charge in [-0.05, 0) is 67.8 Å². The highest BCUT2D eigenvalue weighted by atomic mass is 35.5. The summed E-state index contributed by atoms with van der Waals surface area (Å²) in [7, 11) is 0. The van der Waals surface area contributed by atoms with E-state index in [0.29, 0.717) is 11.4 Å². The number of halogens is 1. The van der Waals surface area contributed by atoms with Crippen molar-refractivity contribution >= 4 is 34.7 Å². The smallest absolute Gasteiger partial charge is 0.339 e. The van der Waals surface area contributed by atoms with Crippen LogP contribution in [0.3, 0.4) is 0 Å². The van der Waals surface area contributed by atoms with Crippen molar-refractivity contribution in [2.24, 2.45) is 5.10 Å². The number of carbonyl (C=O) groups excluding carboxylic acids is 1. The van der Waals surface area contributed by atoms with E-state index in [1.807, 2.05) is 50.2 Å². The zero-order valence-electron chi connectivity index (χ0n) is 17.8. The van der Waals surface area contributed by atoms with Crippen molar-refractivity contribution in [1.29, 1.82) is 0 Å². The second-order valence-electron chi connectivity index (χ2n) is 7.93. The predicted octanol–water partition coefficient (Wildman–Crippen LogP) is 6.35. The summed E-state index contributed by atoms with van der Waals surface area (Å²) in [6.45, 7) is 6.12. The van der Waals surface area contributed by atoms with Crippen molar-refractivity contribution in [3.05, 3.63) is 93.5 Å². The molecule has 2 amide bonds. The number of amides is 2. The molecule has 1 atom stereocenters. The van der Waals surface area contributed by atoms with Gasteiger partial charge in [0.1, 0.15) is 0 Å². The molecular formula is C25H25ClN4O. The van der Waals surface area contributed by atoms with Gasteiger partial charge in [-0.25, -0.2) is 10.2 Å². The van der Waals surface area contributed by atoms with Gasteiger partial charge in [0.15, 0.2) is 0 Å². The third kappa shape index (κ3) is 4.89. The summed E-state index contributed by atoms with van der Waals surface area (Å²) in [6, 6.07) is 19.6. The second-order valence-corrected chi connectivity index (χ2v) is 8.36. The summed E-state index contributed by atoms with van der Waals surface area (Å²) < 4.78 is 0. The summed E-state index contributed by atoms with van der Waals surface area (Å²) >= 11 is 6.23. The van der Waals surface area contributed by atoms with Crippen molar-refractivity contribution in [3.63, 3.8) is 0 Å². The minimum absolute atomic E-state index is 0.0534. The SMILES string of the molecule is Cc1ccc(C2CC(=NNC(=O)Nc3ccc(C)c(C)c3)c3cc(Cl)ccc3N2)cc1. The van der Waals surface area contributed by atoms with Crippen molar-refractivity contribution in [1.82, 2.24) is 5.43 Å². The molecule has 0 saturated carbocycles. The van der Waals surface area contributed by atoms with Gasteiger partial charge in [0, 0.05) is 28.4 Å². The Balaban J connectivity index is 1.56. The van der Waals surface area contributed by atoms with Gasteiger partial charge in [0.05, 0.1) is 11.8 Å². The van der Waals surface area contributed by atoms with Crippen LogP contribution < -0.4 is 16.1 Å². The molecule has 0 aromatic heterocycles. The lowest BCUT2D eigenvalue weighted by Gasteiger charge is -2.29. The van der Waals surface area contributed by atoms with E-state index in [2.05, 4.69) is 52.3 Å². The minimum Gasteiger partial charge on any atom is -0.377 e. The van der Waals surface area contributed by atoms with Crippen molar-refractivity contribution in [2.75, 3.05) is 10.6 Å². The number of anilines is 2. The fourth-order valence-electron chi connectivity index (χ4n) is 3.63. The van der Waals surface area contributed by atoms with Gasteiger partial charge in [-0.3, -0.25) is 0 Å². The number of fused-ring (bicyclic) bond motifs is 1. The molecule has 6 heteroatoms. The number of rotatable bonds is 3. The van der Waals surface area contributed by atoms with Crippen LogP contribution in [-0.4, -0.2) is 11.7 Å². The van der Waals surface area contributed by atoms with E-state index < -0.39 is 0 Å². The molecule has 158 valence electrons. The van der Waals surface area contributed by atoms with Gasteiger partial charge in [-0.1, -0.05) is 47.5 Å². The fourth-order valence-corrected chi connectivity index (χ4v) is 3.80. The van der Waals surface area contributed by atoms with Crippen molar-refractivity contribution < 1.29 is 4.79 Å². The lowest BCUT2D eigenvalue weighted by Crippen LogP contribution is -2.29. The first-order valence-electron chi connectivity index (χ1n) is 10.2. The largest absolute Gasteiger partial charge is 0.377 e. The Kier molecular flexibility index (Phi) is 5.96. The molecule has 1 heterocycles. The molecule has 0 aliphatic carbocycles. The van der Waals surface area contributed by atoms with Crippen LogP contribution in [0.25, 0.3) is 0 Å². The Morgan fingerprint density at radius 2 is 1.77 bits per heavy atom. The van der Waals surface area contributed by atoms with Gasteiger partial charge >= 0.3 is 6.03 Å². The highest BCUT2D eigenvalue weighted by molar-refractivity contribution is 6.31. The molecule has 3 aromatic carbocycles. The maximum Gasteiger partial charge on any atom is 0.339 e. The number of urea groups is 1. The monoisotopic (exact) mass is 432 g/mol. The Morgan fingerprint density at radius 1 is 1.00 bits per heavy atom. The van der Waals surface area contributed by atoms with Gasteiger partial charge in [0.2, 0.25) is 0 Å². The molecule has 5 nitrogen and oxygen atoms in total. The van der Waals surface area contributed by atoms with Crippen molar-refractivity contribution in [3.8, 4) is 0 Å². The average molecular weight is 433 g/mol. The van der Waals surface area contributed by atoms with Crippen molar-refractivity contribution in [2.45, 2.75) is 33.2 Å². The number of hydrogen-bond acceptors (Lipinski definition) is 3. The number of nitrogens with zero attached hydrogens (tertiary/aromatic N) is 1. The van der Waals surface area contributed by atoms with Crippen LogP contribution in [0.15, 0.2) is 65.8 Å². The Hall–Kier alpha value is -3.31. The predicted molar refractivity (Wildman–Crippen MR) is 128 cm³/mol. The molecule has 1 unspecified atom stereocenters. The van der Waals surface area contributed by atoms with Gasteiger partial charge in [-0.2, -0.15) is 5.10 Å². The maximum atomic E-state index is 12.4. The van der Waals surface area contributed by atoms with E-state index in [4.69, 9.17) is 11.6 Å². The summed E-state index contributed by atoms with van der Waals surface area (Å²) in [4.78, 5) is 12.4. The van der Waals surface area contributed by atoms with E-state index in [-0.39, 0.29) is 12.1 Å². The lowest BCUT2D eigenvalue weighted by molar-refractivity contribution is 0.252. The van der Waals surface area contributed by atoms with Crippen LogP contribution in [0.5, 0.6) is 0 Å². The van der Waals surface area contributed by atoms with Crippen LogP contribution in [0, 0.1) is 20.8 Å². The normalized spacial score (nSPS) is 16.4. The van der Waals surface area contributed by atoms with Gasteiger partial charge < -0.3 is 10.6 Å². The molecule has 3 aromatic rings. The molecule has 3 N–H and O–H groups in total. The average Bonchev–Trinajstić information content (AvgIpc) is 2.75. The molecular weight excluding hydrogens is 408 g/mol. The zero-order chi connectivity index (χ0) is 22.0. The number of carbonyl (C=O) groups is 1. The number of hydrazone groups is 1. The highest BCUT2D eigenvalue weighted by Gasteiger charge is 2.25. The first-order valence-corrected chi connectivity index (χ1v) is 10.6. The summed E-state index contributed by atoms with van der Waals surface area (Å²) in [5.41, 5.74) is 10.7. The first kappa shape index (κ1) is 20.9. The molecule has 4 rings (SSSR count). The van der Waals surface area contributed by atoms with E-state index in [1.165, 1.54) is 16.7 Å². The molecule has 0 saturated heterocycles. The highest BCUT2D eigenvalue weighted by Crippen LogP contribution is 2.34. The number of benzene rings is 3. The summed E-state index contributed by atoms with van der Waals surface area (Å²) in [6.07, 6.45) is 0.625. The van der Waals surface area contributed by atoms with Gasteiger partial charge in [0.25, 0.3) is 0 Å². The van der Waals surface area contributed by atoms with Gasteiger partial charge in [-0.15, -0.1) is 0 Å². The maximum absolute atomic E-state index is 12.4. The molecule has 1 aliphatic heterocycles. The number of aryl methyl sites for hydroxylation is 3. The zero-order valence-corrected chi connectivity index (χ0v) is 18.5. The standard InChI is InChI=1S/C25H25ClN4O/c1-15-4-7-18(8-5-15)23-14-24(21-13-19(26)9-11-22(21)28-23)29-30-25(31)27-20-10-6-16(2)17(3)12-20/h4-13,23,28H,14H2,1-3H3,(H2,27,30,31). The van der Waals surface area contributed by atoms with E-state index >= 15 is 0 Å². The van der Waals surface area contributed by atoms with E-state index in [1.54, 1.807) is 0 Å². The summed E-state index contributed by atoms with van der Waals surface area (Å²) in [5.74, 6) is 0. The molecule has 0 bridgehead atoms. The molecule has 0 fully saturated rings. The molecule has 0 spiro atoms. The number of nitrogens with one attached hydrogen (secondary N) is 3. The third-order valence-electron chi connectivity index (χ3n) is 5.56.